The minimum absolute atomic E-state index is 0.0731. The van der Waals surface area contributed by atoms with Crippen LogP contribution in [-0.4, -0.2) is 29.2 Å². The molecule has 8 heteroatoms. The minimum atomic E-state index is -0.811. The fraction of sp³-hybridized carbons (Fsp3) is 0.0952. The lowest BCUT2D eigenvalue weighted by Gasteiger charge is -2.26. The number of aryl methyl sites for hydroxylation is 1. The first-order valence-electron chi connectivity index (χ1n) is 8.88. The van der Waals surface area contributed by atoms with Gasteiger partial charge in [-0.15, -0.1) is 0 Å². The molecular weight excluding hydrogens is 374 g/mol. The molecule has 1 saturated heterocycles. The molecule has 2 aliphatic rings. The number of amides is 4. The van der Waals surface area contributed by atoms with E-state index in [9.17, 15) is 14.4 Å². The van der Waals surface area contributed by atoms with Crippen molar-refractivity contribution in [3.8, 4) is 11.5 Å². The van der Waals surface area contributed by atoms with Gasteiger partial charge in [-0.1, -0.05) is 18.2 Å². The number of urea groups is 1. The predicted octanol–water partition coefficient (Wildman–Crippen LogP) is 2.57. The van der Waals surface area contributed by atoms with Gasteiger partial charge in [-0.3, -0.25) is 14.9 Å². The van der Waals surface area contributed by atoms with Crippen molar-refractivity contribution in [2.75, 3.05) is 11.7 Å². The number of fused-ring (bicyclic) bond motifs is 2. The van der Waals surface area contributed by atoms with Gasteiger partial charge >= 0.3 is 6.03 Å². The summed E-state index contributed by atoms with van der Waals surface area (Å²) < 4.78 is 12.5. The number of nitrogens with one attached hydrogen (secondary N) is 1. The summed E-state index contributed by atoms with van der Waals surface area (Å²) in [4.78, 5) is 38.8. The minimum Gasteiger partial charge on any atom is -0.454 e. The van der Waals surface area contributed by atoms with Gasteiger partial charge in [0.25, 0.3) is 11.8 Å². The molecule has 2 aromatic carbocycles. The number of hydrogen-bond donors (Lipinski definition) is 1. The summed E-state index contributed by atoms with van der Waals surface area (Å²) in [6.07, 6.45) is 3.34. The highest BCUT2D eigenvalue weighted by Gasteiger charge is 2.37. The van der Waals surface area contributed by atoms with Gasteiger partial charge in [0.1, 0.15) is 5.57 Å². The van der Waals surface area contributed by atoms with E-state index in [0.29, 0.717) is 17.1 Å². The summed E-state index contributed by atoms with van der Waals surface area (Å²) in [7, 11) is 1.88. The van der Waals surface area contributed by atoms with Gasteiger partial charge in [0.2, 0.25) is 6.79 Å². The summed E-state index contributed by atoms with van der Waals surface area (Å²) in [6.45, 7) is 0.0731. The third-order valence-corrected chi connectivity index (χ3v) is 4.94. The summed E-state index contributed by atoms with van der Waals surface area (Å²) >= 11 is 0. The van der Waals surface area contributed by atoms with Crippen molar-refractivity contribution < 1.29 is 23.9 Å². The van der Waals surface area contributed by atoms with Crippen LogP contribution in [0.5, 0.6) is 11.5 Å². The molecule has 3 heterocycles. The fourth-order valence-corrected chi connectivity index (χ4v) is 3.56. The van der Waals surface area contributed by atoms with E-state index in [2.05, 4.69) is 5.32 Å². The Labute approximate surface area is 164 Å². The lowest BCUT2D eigenvalue weighted by atomic mass is 10.1. The number of para-hydroxylation sites is 1. The van der Waals surface area contributed by atoms with E-state index < -0.39 is 17.8 Å². The quantitative estimate of drug-likeness (QED) is 0.537. The molecule has 0 aliphatic carbocycles. The number of barbiturate groups is 1. The van der Waals surface area contributed by atoms with E-state index in [4.69, 9.17) is 9.47 Å². The molecule has 5 rings (SSSR count). The van der Waals surface area contributed by atoms with Crippen LogP contribution in [0.2, 0.25) is 0 Å². The van der Waals surface area contributed by atoms with Crippen LogP contribution >= 0.6 is 0 Å². The number of imide groups is 2. The molecule has 4 amide bonds. The summed E-state index contributed by atoms with van der Waals surface area (Å²) in [5, 5.41) is 3.13. The van der Waals surface area contributed by atoms with Crippen LogP contribution in [0.25, 0.3) is 17.0 Å². The first kappa shape index (κ1) is 17.1. The monoisotopic (exact) mass is 389 g/mol. The third-order valence-electron chi connectivity index (χ3n) is 4.94. The van der Waals surface area contributed by atoms with Crippen molar-refractivity contribution >= 4 is 40.5 Å². The standard InChI is InChI=1S/C21H15N3O5/c1-23-10-12(14-4-2-3-5-16(14)23)8-15-19(25)22-21(27)24(20(15)26)13-6-7-17-18(9-13)29-11-28-17/h2-10H,11H2,1H3,(H,22,25,27)/b15-8+. The van der Waals surface area contributed by atoms with E-state index >= 15 is 0 Å². The molecule has 0 bridgehead atoms. The van der Waals surface area contributed by atoms with Crippen molar-refractivity contribution in [3.63, 3.8) is 0 Å². The van der Waals surface area contributed by atoms with Gasteiger partial charge in [-0.25, -0.2) is 9.69 Å². The molecule has 0 saturated carbocycles. The van der Waals surface area contributed by atoms with Crippen molar-refractivity contribution in [1.29, 1.82) is 0 Å². The topological polar surface area (TPSA) is 89.9 Å². The maximum absolute atomic E-state index is 13.1. The van der Waals surface area contributed by atoms with E-state index in [1.165, 1.54) is 12.1 Å². The van der Waals surface area contributed by atoms with Gasteiger partial charge in [0.05, 0.1) is 5.69 Å². The highest BCUT2D eigenvalue weighted by molar-refractivity contribution is 6.39. The SMILES string of the molecule is Cn1cc(/C=C2\C(=O)NC(=O)N(c3ccc4c(c3)OCO4)C2=O)c2ccccc21. The predicted molar refractivity (Wildman–Crippen MR) is 104 cm³/mol. The zero-order valence-corrected chi connectivity index (χ0v) is 15.3. The molecule has 0 radical (unpaired) electrons. The lowest BCUT2D eigenvalue weighted by molar-refractivity contribution is -0.122. The Morgan fingerprint density at radius 3 is 2.69 bits per heavy atom. The highest BCUT2D eigenvalue weighted by Crippen LogP contribution is 2.36. The van der Waals surface area contributed by atoms with Crippen LogP contribution in [0.4, 0.5) is 10.5 Å². The first-order chi connectivity index (χ1) is 14.0. The zero-order valence-electron chi connectivity index (χ0n) is 15.3. The molecule has 0 spiro atoms. The van der Waals surface area contributed by atoms with Crippen LogP contribution in [0.1, 0.15) is 5.56 Å². The maximum Gasteiger partial charge on any atom is 0.335 e. The summed E-state index contributed by atoms with van der Waals surface area (Å²) in [6, 6.07) is 11.6. The molecule has 1 N–H and O–H groups in total. The number of carbonyl (C=O) groups excluding carboxylic acids is 3. The number of aromatic nitrogens is 1. The molecule has 144 valence electrons. The van der Waals surface area contributed by atoms with E-state index in [1.807, 2.05) is 42.1 Å². The van der Waals surface area contributed by atoms with Gasteiger partial charge in [-0.05, 0) is 24.3 Å². The van der Waals surface area contributed by atoms with Gasteiger partial charge in [-0.2, -0.15) is 0 Å². The van der Waals surface area contributed by atoms with Gasteiger partial charge in [0, 0.05) is 35.8 Å². The number of anilines is 1. The molecular formula is C21H15N3O5. The second-order valence-electron chi connectivity index (χ2n) is 6.71. The number of nitrogens with zero attached hydrogens (tertiary/aromatic N) is 2. The Morgan fingerprint density at radius 1 is 1.03 bits per heavy atom. The van der Waals surface area contributed by atoms with Gasteiger partial charge in [0.15, 0.2) is 11.5 Å². The molecule has 2 aliphatic heterocycles. The second kappa shape index (κ2) is 6.23. The van der Waals surface area contributed by atoms with Gasteiger partial charge < -0.3 is 14.0 Å². The number of ether oxygens (including phenoxy) is 2. The molecule has 3 aromatic rings. The number of hydrogen-bond acceptors (Lipinski definition) is 5. The smallest absolute Gasteiger partial charge is 0.335 e. The number of rotatable bonds is 2. The molecule has 0 atom stereocenters. The maximum atomic E-state index is 13.1. The van der Waals surface area contributed by atoms with Crippen LogP contribution in [0, 0.1) is 0 Å². The first-order valence-corrected chi connectivity index (χ1v) is 8.88. The molecule has 1 aromatic heterocycles. The molecule has 29 heavy (non-hydrogen) atoms. The average molecular weight is 389 g/mol. The lowest BCUT2D eigenvalue weighted by Crippen LogP contribution is -2.54. The second-order valence-corrected chi connectivity index (χ2v) is 6.71. The van der Waals surface area contributed by atoms with Crippen molar-refractivity contribution in [1.82, 2.24) is 9.88 Å². The largest absolute Gasteiger partial charge is 0.454 e. The van der Waals surface area contributed by atoms with Crippen molar-refractivity contribution in [2.45, 2.75) is 0 Å². The van der Waals surface area contributed by atoms with Crippen LogP contribution in [0.3, 0.4) is 0 Å². The molecule has 8 nitrogen and oxygen atoms in total. The Balaban J connectivity index is 1.58. The van der Waals surface area contributed by atoms with Crippen LogP contribution in [0.15, 0.2) is 54.2 Å². The van der Waals surface area contributed by atoms with E-state index in [0.717, 1.165) is 15.8 Å². The zero-order chi connectivity index (χ0) is 20.1. The number of benzene rings is 2. The Bertz CT molecular complexity index is 1240. The summed E-state index contributed by atoms with van der Waals surface area (Å²) in [5.74, 6) is -0.476. The Kier molecular flexibility index (Phi) is 3.67. The Hall–Kier alpha value is -4.07. The van der Waals surface area contributed by atoms with E-state index in [-0.39, 0.29) is 18.1 Å². The van der Waals surface area contributed by atoms with E-state index in [1.54, 1.807) is 12.1 Å². The highest BCUT2D eigenvalue weighted by atomic mass is 16.7. The third kappa shape index (κ3) is 2.65. The normalized spacial score (nSPS) is 17.3. The average Bonchev–Trinajstić information content (AvgIpc) is 3.29. The fourth-order valence-electron chi connectivity index (χ4n) is 3.56. The van der Waals surface area contributed by atoms with Crippen molar-refractivity contribution in [2.24, 2.45) is 7.05 Å². The van der Waals surface area contributed by atoms with Crippen LogP contribution in [-0.2, 0) is 16.6 Å². The van der Waals surface area contributed by atoms with Crippen molar-refractivity contribution in [3.05, 3.63) is 59.8 Å². The summed E-state index contributed by atoms with van der Waals surface area (Å²) in [5.41, 5.74) is 1.83. The molecule has 1 fully saturated rings. The molecule has 0 unspecified atom stereocenters. The van der Waals surface area contributed by atoms with Crippen LogP contribution < -0.4 is 19.7 Å². The number of carbonyl (C=O) groups is 3. The Morgan fingerprint density at radius 2 is 1.83 bits per heavy atom.